The van der Waals surface area contributed by atoms with Crippen LogP contribution in [0, 0.1) is 0 Å². The standard InChI is InChI=1S/C19H30N2O2/c1-5-6-7-8-9-12-21-16-13-15(14(2)20)10-11-17(16)23-19(3,4)18(21)22/h10-11,13-14H,5-9,12,20H2,1-4H3. The normalized spacial score (nSPS) is 17.6. The average Bonchev–Trinajstić information content (AvgIpc) is 2.49. The number of nitrogens with two attached hydrogens (primary N) is 1. The van der Waals surface area contributed by atoms with E-state index < -0.39 is 5.60 Å². The lowest BCUT2D eigenvalue weighted by Crippen LogP contribution is -2.52. The molecule has 2 N–H and O–H groups in total. The second kappa shape index (κ2) is 7.35. The Balaban J connectivity index is 2.21. The van der Waals surface area contributed by atoms with E-state index in [2.05, 4.69) is 6.92 Å². The SMILES string of the molecule is CCCCCCCN1C(=O)C(C)(C)Oc2ccc(C(C)N)cc21. The minimum atomic E-state index is -0.813. The van der Waals surface area contributed by atoms with Crippen LogP contribution in [0.15, 0.2) is 18.2 Å². The van der Waals surface area contributed by atoms with Gasteiger partial charge < -0.3 is 15.4 Å². The first-order valence-electron chi connectivity index (χ1n) is 8.77. The first-order chi connectivity index (χ1) is 10.9. The number of hydrogen-bond donors (Lipinski definition) is 1. The molecule has 0 saturated carbocycles. The lowest BCUT2D eigenvalue weighted by Gasteiger charge is -2.39. The maximum Gasteiger partial charge on any atom is 0.270 e. The minimum absolute atomic E-state index is 0.0299. The fourth-order valence-corrected chi connectivity index (χ4v) is 2.96. The quantitative estimate of drug-likeness (QED) is 0.767. The van der Waals surface area contributed by atoms with E-state index in [0.717, 1.165) is 36.4 Å². The third kappa shape index (κ3) is 4.05. The van der Waals surface area contributed by atoms with E-state index in [9.17, 15) is 4.79 Å². The third-order valence-corrected chi connectivity index (χ3v) is 4.41. The van der Waals surface area contributed by atoms with Crippen LogP contribution in [-0.2, 0) is 4.79 Å². The summed E-state index contributed by atoms with van der Waals surface area (Å²) in [6.45, 7) is 8.57. The molecule has 4 heteroatoms. The Labute approximate surface area is 140 Å². The molecule has 0 spiro atoms. The van der Waals surface area contributed by atoms with Gasteiger partial charge in [-0.3, -0.25) is 4.79 Å². The second-order valence-electron chi connectivity index (χ2n) is 7.00. The number of benzene rings is 1. The molecule has 0 fully saturated rings. The molecule has 2 rings (SSSR count). The first kappa shape index (κ1) is 17.8. The molecule has 4 nitrogen and oxygen atoms in total. The van der Waals surface area contributed by atoms with Crippen LogP contribution in [0.2, 0.25) is 0 Å². The van der Waals surface area contributed by atoms with Crippen LogP contribution < -0.4 is 15.4 Å². The van der Waals surface area contributed by atoms with Crippen LogP contribution in [-0.4, -0.2) is 18.1 Å². The number of anilines is 1. The average molecular weight is 318 g/mol. The van der Waals surface area contributed by atoms with Crippen LogP contribution in [0.25, 0.3) is 0 Å². The van der Waals surface area contributed by atoms with E-state index in [0.29, 0.717) is 0 Å². The fraction of sp³-hybridized carbons (Fsp3) is 0.632. The Kier molecular flexibility index (Phi) is 5.69. The Morgan fingerprint density at radius 2 is 1.91 bits per heavy atom. The van der Waals surface area contributed by atoms with E-state index in [4.69, 9.17) is 10.5 Å². The highest BCUT2D eigenvalue weighted by atomic mass is 16.5. The molecule has 0 bridgehead atoms. The smallest absolute Gasteiger partial charge is 0.270 e. The van der Waals surface area contributed by atoms with Crippen molar-refractivity contribution < 1.29 is 9.53 Å². The van der Waals surface area contributed by atoms with E-state index in [1.165, 1.54) is 19.3 Å². The van der Waals surface area contributed by atoms with Crippen LogP contribution in [0.1, 0.15) is 71.4 Å². The zero-order valence-electron chi connectivity index (χ0n) is 14.9. The highest BCUT2D eigenvalue weighted by Crippen LogP contribution is 2.39. The summed E-state index contributed by atoms with van der Waals surface area (Å²) in [4.78, 5) is 14.7. The number of unbranched alkanes of at least 4 members (excludes halogenated alkanes) is 4. The van der Waals surface area contributed by atoms with Gasteiger partial charge >= 0.3 is 0 Å². The van der Waals surface area contributed by atoms with Crippen molar-refractivity contribution in [3.8, 4) is 5.75 Å². The zero-order valence-corrected chi connectivity index (χ0v) is 14.9. The van der Waals surface area contributed by atoms with Gasteiger partial charge in [0.05, 0.1) is 5.69 Å². The monoisotopic (exact) mass is 318 g/mol. The van der Waals surface area contributed by atoms with Crippen molar-refractivity contribution >= 4 is 11.6 Å². The van der Waals surface area contributed by atoms with Gasteiger partial charge in [-0.25, -0.2) is 0 Å². The lowest BCUT2D eigenvalue weighted by atomic mass is 10.0. The van der Waals surface area contributed by atoms with E-state index in [1.54, 1.807) is 0 Å². The summed E-state index contributed by atoms with van der Waals surface area (Å²) >= 11 is 0. The first-order valence-corrected chi connectivity index (χ1v) is 8.77. The Bertz CT molecular complexity index is 552. The van der Waals surface area contributed by atoms with E-state index in [1.807, 2.05) is 43.9 Å². The van der Waals surface area contributed by atoms with Crippen molar-refractivity contribution in [2.24, 2.45) is 5.73 Å². The van der Waals surface area contributed by atoms with Crippen molar-refractivity contribution in [2.45, 2.75) is 71.4 Å². The summed E-state index contributed by atoms with van der Waals surface area (Å²) in [6, 6.07) is 5.86. The van der Waals surface area contributed by atoms with Crippen molar-refractivity contribution in [1.82, 2.24) is 0 Å². The molecular formula is C19H30N2O2. The summed E-state index contributed by atoms with van der Waals surface area (Å²) in [7, 11) is 0. The number of carbonyl (C=O) groups is 1. The van der Waals surface area contributed by atoms with Gasteiger partial charge in [-0.05, 0) is 44.9 Å². The van der Waals surface area contributed by atoms with Crippen LogP contribution in [0.4, 0.5) is 5.69 Å². The number of nitrogens with zero attached hydrogens (tertiary/aromatic N) is 1. The summed E-state index contributed by atoms with van der Waals surface area (Å²) < 4.78 is 5.91. The number of rotatable bonds is 7. The molecule has 1 atom stereocenters. The molecule has 1 aliphatic heterocycles. The molecule has 1 aliphatic rings. The number of ether oxygens (including phenoxy) is 1. The molecule has 1 amide bonds. The summed E-state index contributed by atoms with van der Waals surface area (Å²) in [5, 5.41) is 0. The van der Waals surface area contributed by atoms with Gasteiger partial charge in [0.25, 0.3) is 5.91 Å². The van der Waals surface area contributed by atoms with Crippen molar-refractivity contribution in [1.29, 1.82) is 0 Å². The van der Waals surface area contributed by atoms with Gasteiger partial charge in [0.15, 0.2) is 5.60 Å². The predicted octanol–water partition coefficient (Wildman–Crippen LogP) is 4.18. The van der Waals surface area contributed by atoms with E-state index in [-0.39, 0.29) is 11.9 Å². The summed E-state index contributed by atoms with van der Waals surface area (Å²) in [5.41, 5.74) is 7.06. The zero-order chi connectivity index (χ0) is 17.0. The predicted molar refractivity (Wildman–Crippen MR) is 94.9 cm³/mol. The number of carbonyl (C=O) groups excluding carboxylic acids is 1. The molecule has 0 saturated heterocycles. The molecule has 1 unspecified atom stereocenters. The van der Waals surface area contributed by atoms with E-state index >= 15 is 0 Å². The number of amides is 1. The van der Waals surface area contributed by atoms with Gasteiger partial charge in [-0.15, -0.1) is 0 Å². The van der Waals surface area contributed by atoms with Gasteiger partial charge in [0.2, 0.25) is 0 Å². The molecule has 0 aliphatic carbocycles. The maximum atomic E-state index is 12.8. The fourth-order valence-electron chi connectivity index (χ4n) is 2.96. The lowest BCUT2D eigenvalue weighted by molar-refractivity contribution is -0.132. The Morgan fingerprint density at radius 3 is 2.57 bits per heavy atom. The van der Waals surface area contributed by atoms with Crippen molar-refractivity contribution in [2.75, 3.05) is 11.4 Å². The molecule has 1 heterocycles. The molecule has 1 aromatic carbocycles. The number of fused-ring (bicyclic) bond motifs is 1. The largest absolute Gasteiger partial charge is 0.476 e. The van der Waals surface area contributed by atoms with Crippen LogP contribution >= 0.6 is 0 Å². The molecular weight excluding hydrogens is 288 g/mol. The molecule has 128 valence electrons. The second-order valence-corrected chi connectivity index (χ2v) is 7.00. The molecule has 23 heavy (non-hydrogen) atoms. The van der Waals surface area contributed by atoms with Gasteiger partial charge in [0.1, 0.15) is 5.75 Å². The number of hydrogen-bond acceptors (Lipinski definition) is 3. The van der Waals surface area contributed by atoms with Crippen molar-refractivity contribution in [3.63, 3.8) is 0 Å². The van der Waals surface area contributed by atoms with Gasteiger partial charge in [-0.2, -0.15) is 0 Å². The Morgan fingerprint density at radius 1 is 1.22 bits per heavy atom. The highest BCUT2D eigenvalue weighted by Gasteiger charge is 2.40. The Hall–Kier alpha value is -1.55. The van der Waals surface area contributed by atoms with Gasteiger partial charge in [-0.1, -0.05) is 38.7 Å². The summed E-state index contributed by atoms with van der Waals surface area (Å²) in [5.74, 6) is 0.801. The molecule has 0 aromatic heterocycles. The summed E-state index contributed by atoms with van der Waals surface area (Å²) in [6.07, 6.45) is 5.88. The van der Waals surface area contributed by atoms with Crippen LogP contribution in [0.3, 0.4) is 0 Å². The third-order valence-electron chi connectivity index (χ3n) is 4.41. The maximum absolute atomic E-state index is 12.8. The van der Waals surface area contributed by atoms with Crippen LogP contribution in [0.5, 0.6) is 5.75 Å². The minimum Gasteiger partial charge on any atom is -0.476 e. The van der Waals surface area contributed by atoms with Gasteiger partial charge in [0, 0.05) is 12.6 Å². The van der Waals surface area contributed by atoms with Crippen molar-refractivity contribution in [3.05, 3.63) is 23.8 Å². The molecule has 0 radical (unpaired) electrons. The topological polar surface area (TPSA) is 55.6 Å². The molecule has 1 aromatic rings. The highest BCUT2D eigenvalue weighted by molar-refractivity contribution is 6.02.